The Hall–Kier alpha value is -3.85. The van der Waals surface area contributed by atoms with Crippen LogP contribution in [-0.2, 0) is 9.59 Å². The lowest BCUT2D eigenvalue weighted by Gasteiger charge is -2.52. The van der Waals surface area contributed by atoms with Gasteiger partial charge in [-0.05, 0) is 114 Å². The zero-order valence-electron chi connectivity index (χ0n) is 25.6. The molecule has 6 atom stereocenters. The van der Waals surface area contributed by atoms with Crippen LogP contribution >= 0.6 is 0 Å². The van der Waals surface area contributed by atoms with E-state index in [1.54, 1.807) is 5.57 Å². The van der Waals surface area contributed by atoms with E-state index in [-0.39, 0.29) is 34.9 Å². The van der Waals surface area contributed by atoms with E-state index in [0.717, 1.165) is 50.5 Å². The summed E-state index contributed by atoms with van der Waals surface area (Å²) in [6, 6.07) is 23.8. The van der Waals surface area contributed by atoms with Gasteiger partial charge in [0.25, 0.3) is 0 Å². The minimum absolute atomic E-state index is 0.0571. The highest BCUT2D eigenvalue weighted by Gasteiger charge is 2.62. The summed E-state index contributed by atoms with van der Waals surface area (Å²) < 4.78 is 0. The molecule has 222 valence electrons. The molecule has 3 heteroatoms. The minimum atomic E-state index is -0.0571. The molecule has 44 heavy (non-hydrogen) atoms. The van der Waals surface area contributed by atoms with Crippen LogP contribution in [0.3, 0.4) is 0 Å². The van der Waals surface area contributed by atoms with Gasteiger partial charge in [0.1, 0.15) is 5.78 Å². The average molecular weight is 580 g/mol. The fourth-order valence-electron chi connectivity index (χ4n) is 9.65. The highest BCUT2D eigenvalue weighted by atomic mass is 16.1. The molecule has 0 radical (unpaired) electrons. The lowest BCUT2D eigenvalue weighted by atomic mass is 9.51. The first-order valence-electron chi connectivity index (χ1n) is 16.7. The lowest BCUT2D eigenvalue weighted by molar-refractivity contribution is -0.129. The highest BCUT2D eigenvalue weighted by Crippen LogP contribution is 2.68. The van der Waals surface area contributed by atoms with E-state index in [4.69, 9.17) is 0 Å². The van der Waals surface area contributed by atoms with Crippen LogP contribution in [0, 0.1) is 35.0 Å². The third-order valence-corrected chi connectivity index (χ3v) is 11.8. The maximum atomic E-state index is 14.3. The van der Waals surface area contributed by atoms with Gasteiger partial charge in [-0.2, -0.15) is 0 Å². The molecule has 5 aliphatic rings. The molecule has 3 aromatic rings. The number of hydrogen-bond donors (Lipinski definition) is 0. The summed E-state index contributed by atoms with van der Waals surface area (Å²) in [6.07, 6.45) is 18.1. The molecule has 0 amide bonds. The molecule has 1 aromatic heterocycles. The monoisotopic (exact) mass is 579 g/mol. The van der Waals surface area contributed by atoms with Crippen LogP contribution in [0.2, 0.25) is 0 Å². The second-order valence-corrected chi connectivity index (χ2v) is 14.3. The third kappa shape index (κ3) is 4.76. The van der Waals surface area contributed by atoms with Crippen molar-refractivity contribution >= 4 is 17.6 Å². The van der Waals surface area contributed by atoms with Crippen molar-refractivity contribution in [1.29, 1.82) is 0 Å². The van der Waals surface area contributed by atoms with Gasteiger partial charge in [-0.3, -0.25) is 14.6 Å². The number of hydrogen-bond acceptors (Lipinski definition) is 3. The van der Waals surface area contributed by atoms with Gasteiger partial charge in [0, 0.05) is 36.6 Å². The molecular formula is C41H41NO2. The largest absolute Gasteiger partial charge is 0.299 e. The average Bonchev–Trinajstić information content (AvgIpc) is 3.87. The molecule has 3 nitrogen and oxygen atoms in total. The molecule has 0 spiro atoms. The van der Waals surface area contributed by atoms with E-state index in [1.165, 1.54) is 27.8 Å². The fourth-order valence-corrected chi connectivity index (χ4v) is 9.65. The van der Waals surface area contributed by atoms with Crippen molar-refractivity contribution in [3.05, 3.63) is 119 Å². The predicted octanol–water partition coefficient (Wildman–Crippen LogP) is 9.18. The molecule has 2 aromatic carbocycles. The van der Waals surface area contributed by atoms with Crippen molar-refractivity contribution in [3.63, 3.8) is 0 Å². The van der Waals surface area contributed by atoms with Crippen molar-refractivity contribution in [3.8, 4) is 11.1 Å². The Morgan fingerprint density at radius 1 is 0.909 bits per heavy atom. The van der Waals surface area contributed by atoms with Crippen molar-refractivity contribution in [2.45, 2.75) is 64.2 Å². The number of fused-ring (bicyclic) bond motifs is 4. The summed E-state index contributed by atoms with van der Waals surface area (Å²) in [4.78, 5) is 31.1. The van der Waals surface area contributed by atoms with E-state index in [1.807, 2.05) is 24.5 Å². The Balaban J connectivity index is 1.23. The zero-order chi connectivity index (χ0) is 29.8. The van der Waals surface area contributed by atoms with Crippen LogP contribution in [0.4, 0.5) is 0 Å². The van der Waals surface area contributed by atoms with Gasteiger partial charge in [-0.25, -0.2) is 0 Å². The molecule has 0 aliphatic heterocycles. The fraction of sp³-hybridized carbons (Fsp3) is 0.390. The van der Waals surface area contributed by atoms with E-state index in [0.29, 0.717) is 24.0 Å². The molecule has 8 rings (SSSR count). The van der Waals surface area contributed by atoms with Gasteiger partial charge >= 0.3 is 0 Å². The van der Waals surface area contributed by atoms with Crippen molar-refractivity contribution in [2.75, 3.05) is 0 Å². The molecule has 0 saturated heterocycles. The van der Waals surface area contributed by atoms with Crippen molar-refractivity contribution in [2.24, 2.45) is 35.0 Å². The van der Waals surface area contributed by atoms with Gasteiger partial charge in [0.15, 0.2) is 5.78 Å². The second kappa shape index (κ2) is 10.9. The number of carbonyl (C=O) groups excluding carboxylic acids is 2. The first-order valence-corrected chi connectivity index (χ1v) is 16.7. The quantitative estimate of drug-likeness (QED) is 0.292. The summed E-state index contributed by atoms with van der Waals surface area (Å²) in [5, 5.41) is 0. The van der Waals surface area contributed by atoms with Crippen LogP contribution in [0.1, 0.15) is 75.3 Å². The molecule has 0 N–H and O–H groups in total. The van der Waals surface area contributed by atoms with E-state index < -0.39 is 0 Å². The number of carbonyl (C=O) groups is 2. The summed E-state index contributed by atoms with van der Waals surface area (Å²) in [6.45, 7) is 2.48. The molecular weight excluding hydrogens is 538 g/mol. The van der Waals surface area contributed by atoms with Crippen LogP contribution in [0.5, 0.6) is 0 Å². The summed E-state index contributed by atoms with van der Waals surface area (Å²) in [5.41, 5.74) is 9.16. The third-order valence-electron chi connectivity index (χ3n) is 11.8. The number of pyridine rings is 1. The Bertz CT molecular complexity index is 1680. The summed E-state index contributed by atoms with van der Waals surface area (Å²) >= 11 is 0. The number of nitrogens with zero attached hydrogens (tertiary/aromatic N) is 1. The van der Waals surface area contributed by atoms with Gasteiger partial charge in [-0.1, -0.05) is 85.3 Å². The van der Waals surface area contributed by atoms with Gasteiger partial charge in [0.05, 0.1) is 0 Å². The predicted molar refractivity (Wildman–Crippen MR) is 176 cm³/mol. The summed E-state index contributed by atoms with van der Waals surface area (Å²) in [5.74, 6) is 2.60. The van der Waals surface area contributed by atoms with Gasteiger partial charge in [-0.15, -0.1) is 0 Å². The molecule has 5 aliphatic carbocycles. The molecule has 3 saturated carbocycles. The highest BCUT2D eigenvalue weighted by molar-refractivity contribution is 5.93. The van der Waals surface area contributed by atoms with Gasteiger partial charge < -0.3 is 0 Å². The van der Waals surface area contributed by atoms with E-state index in [9.17, 15) is 9.59 Å². The number of Topliss-reactive ketones (excluding diaryl/α,β-unsaturated/α-hetero) is 1. The van der Waals surface area contributed by atoms with Gasteiger partial charge in [0.2, 0.25) is 0 Å². The molecule has 0 bridgehead atoms. The SMILES string of the molecule is C[C@]12CC(c3ccc(-c4cccnc4)cc3)C3=C4CCC(=O)C=C4CC[C@H]3[C@@H]1CC(C=Cc1ccccc1)C2C(=O)C1CC1. The number of benzene rings is 2. The maximum Gasteiger partial charge on any atom is 0.156 e. The minimum Gasteiger partial charge on any atom is -0.299 e. The van der Waals surface area contributed by atoms with Crippen molar-refractivity contribution in [1.82, 2.24) is 4.98 Å². The van der Waals surface area contributed by atoms with Crippen LogP contribution in [0.25, 0.3) is 17.2 Å². The number of ketones is 2. The Morgan fingerprint density at radius 2 is 1.73 bits per heavy atom. The maximum absolute atomic E-state index is 14.3. The van der Waals surface area contributed by atoms with E-state index >= 15 is 0 Å². The van der Waals surface area contributed by atoms with Crippen LogP contribution < -0.4 is 0 Å². The normalized spacial score (nSPS) is 31.3. The van der Waals surface area contributed by atoms with Crippen LogP contribution in [0.15, 0.2) is 108 Å². The molecule has 3 fully saturated rings. The zero-order valence-corrected chi connectivity index (χ0v) is 25.6. The molecule has 1 heterocycles. The molecule has 3 unspecified atom stereocenters. The number of allylic oxidation sites excluding steroid dienone is 5. The first kappa shape index (κ1) is 27.7. The first-order chi connectivity index (χ1) is 21.5. The number of aromatic nitrogens is 1. The number of rotatable bonds is 6. The Labute approximate surface area is 261 Å². The van der Waals surface area contributed by atoms with Crippen molar-refractivity contribution < 1.29 is 9.59 Å². The second-order valence-electron chi connectivity index (χ2n) is 14.3. The van der Waals surface area contributed by atoms with E-state index in [2.05, 4.69) is 84.7 Å². The smallest absolute Gasteiger partial charge is 0.156 e. The lowest BCUT2D eigenvalue weighted by Crippen LogP contribution is -2.45. The topological polar surface area (TPSA) is 47.0 Å². The Morgan fingerprint density at radius 3 is 2.48 bits per heavy atom. The summed E-state index contributed by atoms with van der Waals surface area (Å²) in [7, 11) is 0. The standard InChI is InChI=1S/C41H41NO2/c1-41-24-36(28-13-11-27(12-14-28)32-8-5-21-42-25-32)38-34-20-18-33(43)22-30(34)17-19-35(38)37(41)23-31(39(41)40(44)29-15-16-29)10-9-26-6-3-2-4-7-26/h2-14,21-22,25,29,31,35-37,39H,15-20,23-24H2,1H3/t31?,35-,36?,37-,39?,41-/m0/s1. The van der Waals surface area contributed by atoms with Crippen LogP contribution in [-0.4, -0.2) is 16.6 Å². The Kier molecular flexibility index (Phi) is 6.89.